The second-order valence-electron chi connectivity index (χ2n) is 4.05. The maximum absolute atomic E-state index is 5.23. The van der Waals surface area contributed by atoms with E-state index >= 15 is 0 Å². The Morgan fingerprint density at radius 3 is 2.92 bits per heavy atom. The average molecular weight is 175 g/mol. The first-order valence-corrected chi connectivity index (χ1v) is 4.76. The Balaban J connectivity index is 2.12. The van der Waals surface area contributed by atoms with Crippen molar-refractivity contribution in [2.45, 2.75) is 18.3 Å². The van der Waals surface area contributed by atoms with Crippen LogP contribution in [0.3, 0.4) is 0 Å². The van der Waals surface area contributed by atoms with Crippen molar-refractivity contribution in [1.82, 2.24) is 0 Å². The van der Waals surface area contributed by atoms with Gasteiger partial charge in [-0.1, -0.05) is 0 Å². The van der Waals surface area contributed by atoms with E-state index < -0.39 is 0 Å². The minimum Gasteiger partial charge on any atom is -0.497 e. The molecule has 3 rings (SSSR count). The maximum atomic E-state index is 5.23. The molecule has 1 N–H and O–H groups in total. The van der Waals surface area contributed by atoms with Gasteiger partial charge in [0, 0.05) is 17.6 Å². The zero-order chi connectivity index (χ0) is 8.89. The molecule has 1 saturated carbocycles. The summed E-state index contributed by atoms with van der Waals surface area (Å²) in [4.78, 5) is 0. The fraction of sp³-hybridized carbons (Fsp3) is 0.455. The third-order valence-corrected chi connectivity index (χ3v) is 3.27. The molecule has 68 valence electrons. The molecule has 0 amide bonds. The molecule has 1 fully saturated rings. The molecule has 0 atom stereocenters. The molecule has 2 nitrogen and oxygen atoms in total. The number of hydrogen-bond donors (Lipinski definition) is 1. The lowest BCUT2D eigenvalue weighted by Crippen LogP contribution is -2.08. The number of hydrogen-bond acceptors (Lipinski definition) is 2. The molecule has 0 bridgehead atoms. The summed E-state index contributed by atoms with van der Waals surface area (Å²) >= 11 is 0. The standard InChI is InChI=1S/C11H13NO/c1-13-8-2-3-10-9(6-8)11(4-5-11)7-12-10/h2-3,6,12H,4-5,7H2,1H3. The quantitative estimate of drug-likeness (QED) is 0.706. The summed E-state index contributed by atoms with van der Waals surface area (Å²) in [7, 11) is 1.73. The van der Waals surface area contributed by atoms with E-state index in [0.717, 1.165) is 12.3 Å². The topological polar surface area (TPSA) is 21.3 Å². The van der Waals surface area contributed by atoms with E-state index in [1.165, 1.54) is 24.1 Å². The van der Waals surface area contributed by atoms with Gasteiger partial charge in [-0.05, 0) is 36.6 Å². The van der Waals surface area contributed by atoms with E-state index in [0.29, 0.717) is 5.41 Å². The molecule has 2 aliphatic rings. The summed E-state index contributed by atoms with van der Waals surface area (Å²) < 4.78 is 5.23. The number of nitrogens with one attached hydrogen (secondary N) is 1. The maximum Gasteiger partial charge on any atom is 0.119 e. The molecule has 0 radical (unpaired) electrons. The number of fused-ring (bicyclic) bond motifs is 2. The monoisotopic (exact) mass is 175 g/mol. The third kappa shape index (κ3) is 0.886. The molecule has 0 saturated heterocycles. The van der Waals surface area contributed by atoms with Crippen LogP contribution in [0.5, 0.6) is 5.75 Å². The van der Waals surface area contributed by atoms with Crippen LogP contribution in [0.15, 0.2) is 18.2 Å². The van der Waals surface area contributed by atoms with Gasteiger partial charge in [-0.25, -0.2) is 0 Å². The minimum atomic E-state index is 0.476. The van der Waals surface area contributed by atoms with E-state index in [4.69, 9.17) is 4.74 Å². The lowest BCUT2D eigenvalue weighted by atomic mass is 9.98. The Morgan fingerprint density at radius 1 is 1.38 bits per heavy atom. The van der Waals surface area contributed by atoms with Crippen molar-refractivity contribution in [2.24, 2.45) is 0 Å². The molecule has 1 heterocycles. The molecule has 0 unspecified atom stereocenters. The van der Waals surface area contributed by atoms with Gasteiger partial charge in [0.1, 0.15) is 5.75 Å². The smallest absolute Gasteiger partial charge is 0.119 e. The van der Waals surface area contributed by atoms with E-state index in [-0.39, 0.29) is 0 Å². The van der Waals surface area contributed by atoms with Gasteiger partial charge in [0.2, 0.25) is 0 Å². The van der Waals surface area contributed by atoms with Crippen molar-refractivity contribution in [3.63, 3.8) is 0 Å². The lowest BCUT2D eigenvalue weighted by molar-refractivity contribution is 0.414. The summed E-state index contributed by atoms with van der Waals surface area (Å²) in [6.07, 6.45) is 2.67. The number of ether oxygens (including phenoxy) is 1. The molecular formula is C11H13NO. The van der Waals surface area contributed by atoms with Crippen LogP contribution in [0.2, 0.25) is 0 Å². The SMILES string of the molecule is COc1ccc2c(c1)C1(CC1)CN2. The van der Waals surface area contributed by atoms with Gasteiger partial charge in [0.15, 0.2) is 0 Å². The molecule has 0 aromatic heterocycles. The van der Waals surface area contributed by atoms with Crippen molar-refractivity contribution < 1.29 is 4.74 Å². The van der Waals surface area contributed by atoms with Gasteiger partial charge >= 0.3 is 0 Å². The van der Waals surface area contributed by atoms with Crippen LogP contribution in [-0.2, 0) is 5.41 Å². The van der Waals surface area contributed by atoms with Crippen LogP contribution in [0.4, 0.5) is 5.69 Å². The van der Waals surface area contributed by atoms with Gasteiger partial charge in [0.05, 0.1) is 7.11 Å². The van der Waals surface area contributed by atoms with Crippen LogP contribution in [-0.4, -0.2) is 13.7 Å². The van der Waals surface area contributed by atoms with Crippen LogP contribution < -0.4 is 10.1 Å². The van der Waals surface area contributed by atoms with Gasteiger partial charge in [-0.2, -0.15) is 0 Å². The van der Waals surface area contributed by atoms with Crippen LogP contribution in [0.1, 0.15) is 18.4 Å². The Morgan fingerprint density at radius 2 is 2.23 bits per heavy atom. The fourth-order valence-electron chi connectivity index (χ4n) is 2.20. The second kappa shape index (κ2) is 2.19. The van der Waals surface area contributed by atoms with E-state index in [2.05, 4.69) is 17.4 Å². The van der Waals surface area contributed by atoms with Crippen LogP contribution >= 0.6 is 0 Å². The first-order chi connectivity index (χ1) is 6.34. The molecule has 1 aliphatic heterocycles. The van der Waals surface area contributed by atoms with Crippen molar-refractivity contribution in [3.05, 3.63) is 23.8 Å². The first-order valence-electron chi connectivity index (χ1n) is 4.76. The van der Waals surface area contributed by atoms with Gasteiger partial charge in [0.25, 0.3) is 0 Å². The predicted molar refractivity (Wildman–Crippen MR) is 52.4 cm³/mol. The van der Waals surface area contributed by atoms with E-state index in [1.54, 1.807) is 7.11 Å². The fourth-order valence-corrected chi connectivity index (χ4v) is 2.20. The molecule has 13 heavy (non-hydrogen) atoms. The van der Waals surface area contributed by atoms with Crippen molar-refractivity contribution >= 4 is 5.69 Å². The number of methoxy groups -OCH3 is 1. The van der Waals surface area contributed by atoms with Gasteiger partial charge in [-0.15, -0.1) is 0 Å². The lowest BCUT2D eigenvalue weighted by Gasteiger charge is -2.07. The summed E-state index contributed by atoms with van der Waals surface area (Å²) in [6, 6.07) is 6.33. The predicted octanol–water partition coefficient (Wildman–Crippen LogP) is 2.15. The molecule has 1 aromatic carbocycles. The normalized spacial score (nSPS) is 21.0. The molecule has 1 aromatic rings. The van der Waals surface area contributed by atoms with Crippen LogP contribution in [0.25, 0.3) is 0 Å². The van der Waals surface area contributed by atoms with E-state index in [9.17, 15) is 0 Å². The average Bonchev–Trinajstić information content (AvgIpc) is 2.86. The van der Waals surface area contributed by atoms with Crippen molar-refractivity contribution in [3.8, 4) is 5.75 Å². The van der Waals surface area contributed by atoms with Crippen molar-refractivity contribution in [1.29, 1.82) is 0 Å². The zero-order valence-corrected chi connectivity index (χ0v) is 7.76. The Kier molecular flexibility index (Phi) is 1.22. The number of benzene rings is 1. The Labute approximate surface area is 77.9 Å². The minimum absolute atomic E-state index is 0.476. The molecular weight excluding hydrogens is 162 g/mol. The van der Waals surface area contributed by atoms with Gasteiger partial charge in [-0.3, -0.25) is 0 Å². The number of anilines is 1. The van der Waals surface area contributed by atoms with Gasteiger partial charge < -0.3 is 10.1 Å². The third-order valence-electron chi connectivity index (χ3n) is 3.27. The molecule has 1 spiro atoms. The molecule has 2 heteroatoms. The van der Waals surface area contributed by atoms with Crippen molar-refractivity contribution in [2.75, 3.05) is 19.0 Å². The summed E-state index contributed by atoms with van der Waals surface area (Å²) in [5.74, 6) is 0.980. The zero-order valence-electron chi connectivity index (χ0n) is 7.76. The summed E-state index contributed by atoms with van der Waals surface area (Å²) in [5.41, 5.74) is 3.24. The number of rotatable bonds is 1. The highest BCUT2D eigenvalue weighted by atomic mass is 16.5. The highest BCUT2D eigenvalue weighted by Gasteiger charge is 2.48. The van der Waals surface area contributed by atoms with Crippen LogP contribution in [0, 0.1) is 0 Å². The Bertz CT molecular complexity index is 355. The first kappa shape index (κ1) is 7.25. The highest BCUT2D eigenvalue weighted by molar-refractivity contribution is 5.64. The highest BCUT2D eigenvalue weighted by Crippen LogP contribution is 2.54. The molecule has 1 aliphatic carbocycles. The summed E-state index contributed by atoms with van der Waals surface area (Å²) in [6.45, 7) is 1.12. The largest absolute Gasteiger partial charge is 0.497 e. The Hall–Kier alpha value is -1.18. The summed E-state index contributed by atoms with van der Waals surface area (Å²) in [5, 5.41) is 3.45. The van der Waals surface area contributed by atoms with E-state index in [1.807, 2.05) is 6.07 Å². The second-order valence-corrected chi connectivity index (χ2v) is 4.05.